The number of carbonyl (C=O) groups excluding carboxylic acids is 3. The molecule has 7 nitrogen and oxygen atoms in total. The van der Waals surface area contributed by atoms with E-state index in [1.807, 2.05) is 51.1 Å². The zero-order valence-electron chi connectivity index (χ0n) is 24.3. The molecule has 2 N–H and O–H groups in total. The normalized spacial score (nSPS) is 13.5. The fourth-order valence-electron chi connectivity index (χ4n) is 4.39. The van der Waals surface area contributed by atoms with Crippen LogP contribution in [0.1, 0.15) is 84.0 Å². The van der Waals surface area contributed by atoms with E-state index in [0.717, 1.165) is 18.4 Å². The lowest BCUT2D eigenvalue weighted by Gasteiger charge is -2.37. The molecular formula is C32H43N3O4. The molecular weight excluding hydrogens is 490 g/mol. The van der Waals surface area contributed by atoms with E-state index in [2.05, 4.69) is 23.5 Å². The summed E-state index contributed by atoms with van der Waals surface area (Å²) in [6, 6.07) is 14.2. The van der Waals surface area contributed by atoms with Gasteiger partial charge in [-0.1, -0.05) is 61.7 Å². The molecule has 0 aliphatic heterocycles. The number of rotatable bonds is 11. The van der Waals surface area contributed by atoms with Crippen LogP contribution < -0.4 is 10.6 Å². The van der Waals surface area contributed by atoms with Crippen LogP contribution in [0.15, 0.2) is 54.6 Å². The fraction of sp³-hybridized carbons (Fsp3) is 0.469. The highest BCUT2D eigenvalue weighted by molar-refractivity contribution is 5.92. The summed E-state index contributed by atoms with van der Waals surface area (Å²) < 4.78 is 5.48. The van der Waals surface area contributed by atoms with Gasteiger partial charge in [0, 0.05) is 24.1 Å². The van der Waals surface area contributed by atoms with Crippen LogP contribution in [0.25, 0.3) is 0 Å². The Kier molecular flexibility index (Phi) is 11.6. The smallest absolute Gasteiger partial charge is 0.408 e. The first-order chi connectivity index (χ1) is 18.4. The number of nitrogens with zero attached hydrogens (tertiary/aromatic N) is 1. The largest absolute Gasteiger partial charge is 0.444 e. The monoisotopic (exact) mass is 533 g/mol. The zero-order chi connectivity index (χ0) is 29.2. The topological polar surface area (TPSA) is 87.7 Å². The van der Waals surface area contributed by atoms with Crippen LogP contribution in [0, 0.1) is 12.3 Å². The third-order valence-corrected chi connectivity index (χ3v) is 6.11. The van der Waals surface area contributed by atoms with Crippen molar-refractivity contribution in [1.82, 2.24) is 15.5 Å². The van der Waals surface area contributed by atoms with Gasteiger partial charge in [-0.25, -0.2) is 4.79 Å². The molecule has 0 aliphatic carbocycles. The number of hydrogen-bond donors (Lipinski definition) is 2. The summed E-state index contributed by atoms with van der Waals surface area (Å²) in [5.41, 5.74) is 1.44. The van der Waals surface area contributed by atoms with Gasteiger partial charge in [-0.05, 0) is 71.2 Å². The second-order valence-electron chi connectivity index (χ2n) is 11.1. The van der Waals surface area contributed by atoms with Crippen molar-refractivity contribution in [3.63, 3.8) is 0 Å². The van der Waals surface area contributed by atoms with E-state index >= 15 is 0 Å². The molecule has 39 heavy (non-hydrogen) atoms. The molecule has 0 heterocycles. The molecule has 0 bridgehead atoms. The Morgan fingerprint density at radius 3 is 2.10 bits per heavy atom. The molecule has 0 fully saturated rings. The summed E-state index contributed by atoms with van der Waals surface area (Å²) in [6.07, 6.45) is 6.80. The van der Waals surface area contributed by atoms with Crippen molar-refractivity contribution < 1.29 is 19.1 Å². The van der Waals surface area contributed by atoms with Gasteiger partial charge in [0.25, 0.3) is 0 Å². The number of ether oxygens (including phenoxy) is 1. The van der Waals surface area contributed by atoms with E-state index in [1.165, 1.54) is 0 Å². The van der Waals surface area contributed by atoms with Gasteiger partial charge in [-0.3, -0.25) is 9.59 Å². The molecule has 0 aromatic heterocycles. The first-order valence-electron chi connectivity index (χ1n) is 13.6. The predicted molar refractivity (Wildman–Crippen MR) is 155 cm³/mol. The molecule has 0 spiro atoms. The lowest BCUT2D eigenvalue weighted by atomic mass is 9.97. The van der Waals surface area contributed by atoms with E-state index in [4.69, 9.17) is 11.2 Å². The minimum atomic E-state index is -0.960. The lowest BCUT2D eigenvalue weighted by Crippen LogP contribution is -2.56. The van der Waals surface area contributed by atoms with E-state index < -0.39 is 23.8 Å². The van der Waals surface area contributed by atoms with Crippen molar-refractivity contribution in [3.05, 3.63) is 71.3 Å². The summed E-state index contributed by atoms with van der Waals surface area (Å²) in [6.45, 7) is 13.0. The van der Waals surface area contributed by atoms with E-state index in [1.54, 1.807) is 49.9 Å². The lowest BCUT2D eigenvalue weighted by molar-refractivity contribution is -0.144. The number of amides is 3. The summed E-state index contributed by atoms with van der Waals surface area (Å²) in [5, 5.41) is 5.84. The molecule has 3 amide bonds. The maximum Gasteiger partial charge on any atom is 0.408 e. The molecule has 2 aromatic rings. The van der Waals surface area contributed by atoms with Crippen LogP contribution in [-0.4, -0.2) is 46.5 Å². The average Bonchev–Trinajstić information content (AvgIpc) is 2.86. The van der Waals surface area contributed by atoms with Gasteiger partial charge in [0.1, 0.15) is 17.7 Å². The Morgan fingerprint density at radius 1 is 0.974 bits per heavy atom. The summed E-state index contributed by atoms with van der Waals surface area (Å²) in [7, 11) is 0. The van der Waals surface area contributed by atoms with E-state index in [9.17, 15) is 14.4 Å². The Morgan fingerprint density at radius 2 is 1.59 bits per heavy atom. The van der Waals surface area contributed by atoms with Gasteiger partial charge in [-0.15, -0.1) is 6.42 Å². The number of hydrogen-bond acceptors (Lipinski definition) is 4. The highest BCUT2D eigenvalue weighted by Gasteiger charge is 2.38. The second-order valence-corrected chi connectivity index (χ2v) is 11.1. The first kappa shape index (κ1) is 31.4. The van der Waals surface area contributed by atoms with Crippen molar-refractivity contribution in [3.8, 4) is 12.3 Å². The van der Waals surface area contributed by atoms with Gasteiger partial charge >= 0.3 is 6.09 Å². The van der Waals surface area contributed by atoms with Crippen molar-refractivity contribution in [2.45, 2.75) is 97.5 Å². The summed E-state index contributed by atoms with van der Waals surface area (Å²) in [4.78, 5) is 42.4. The van der Waals surface area contributed by atoms with Crippen LogP contribution in [0.5, 0.6) is 0 Å². The van der Waals surface area contributed by atoms with Gasteiger partial charge in [0.2, 0.25) is 11.8 Å². The summed E-state index contributed by atoms with van der Waals surface area (Å²) in [5.74, 6) is 1.91. The van der Waals surface area contributed by atoms with Crippen LogP contribution in [0.4, 0.5) is 4.79 Å². The minimum Gasteiger partial charge on any atom is -0.444 e. The van der Waals surface area contributed by atoms with Crippen molar-refractivity contribution >= 4 is 17.9 Å². The second kappa shape index (κ2) is 14.4. The number of terminal acetylenes is 1. The average molecular weight is 534 g/mol. The Bertz CT molecular complexity index is 1130. The number of alkyl carbamates (subject to hydrolysis) is 1. The molecule has 0 saturated heterocycles. The highest BCUT2D eigenvalue weighted by atomic mass is 16.6. The minimum absolute atomic E-state index is 0.0703. The van der Waals surface area contributed by atoms with Crippen molar-refractivity contribution in [1.29, 1.82) is 0 Å². The standard InChI is InChI=1S/C32H43N3O4/c1-9-14-23(5)33-29(36)28(26-19-17-24(10-2)18-20-26)35(22(3)4)30(37)27(21-25-15-12-11-13-16-25)34-31(38)39-32(6,7)8/h2,11-13,15-20,22-23,27-28H,9,14,21H2,1,3-8H3,(H,33,36)(H,34,38). The molecule has 0 saturated carbocycles. The molecule has 2 aromatic carbocycles. The Balaban J connectivity index is 2.54. The molecule has 3 atom stereocenters. The third kappa shape index (κ3) is 9.79. The quantitative estimate of drug-likeness (QED) is 0.379. The van der Waals surface area contributed by atoms with Crippen LogP contribution in [0.2, 0.25) is 0 Å². The van der Waals surface area contributed by atoms with E-state index in [-0.39, 0.29) is 30.3 Å². The van der Waals surface area contributed by atoms with Gasteiger partial charge in [-0.2, -0.15) is 0 Å². The maximum atomic E-state index is 14.3. The van der Waals surface area contributed by atoms with Crippen LogP contribution in [-0.2, 0) is 20.7 Å². The van der Waals surface area contributed by atoms with Gasteiger partial charge in [0.05, 0.1) is 0 Å². The number of benzene rings is 2. The number of carbonyl (C=O) groups is 3. The molecule has 0 aliphatic rings. The summed E-state index contributed by atoms with van der Waals surface area (Å²) >= 11 is 0. The molecule has 2 rings (SSSR count). The van der Waals surface area contributed by atoms with Crippen molar-refractivity contribution in [2.24, 2.45) is 0 Å². The predicted octanol–water partition coefficient (Wildman–Crippen LogP) is 5.39. The van der Waals surface area contributed by atoms with Crippen LogP contribution >= 0.6 is 0 Å². The molecule has 0 radical (unpaired) electrons. The maximum absolute atomic E-state index is 14.3. The van der Waals surface area contributed by atoms with Crippen LogP contribution in [0.3, 0.4) is 0 Å². The highest BCUT2D eigenvalue weighted by Crippen LogP contribution is 2.26. The first-order valence-corrected chi connectivity index (χ1v) is 13.6. The van der Waals surface area contributed by atoms with Gasteiger partial charge < -0.3 is 20.3 Å². The Labute approximate surface area is 233 Å². The zero-order valence-corrected chi connectivity index (χ0v) is 24.3. The molecule has 7 heteroatoms. The Hall–Kier alpha value is -3.79. The SMILES string of the molecule is C#Cc1ccc(C(C(=O)NC(C)CCC)N(C(=O)C(Cc2ccccc2)NC(=O)OC(C)(C)C)C(C)C)cc1. The van der Waals surface area contributed by atoms with Crippen molar-refractivity contribution in [2.75, 3.05) is 0 Å². The number of nitrogens with one attached hydrogen (secondary N) is 2. The molecule has 210 valence electrons. The van der Waals surface area contributed by atoms with E-state index in [0.29, 0.717) is 11.1 Å². The fourth-order valence-corrected chi connectivity index (χ4v) is 4.39. The third-order valence-electron chi connectivity index (χ3n) is 6.11. The van der Waals surface area contributed by atoms with Gasteiger partial charge in [0.15, 0.2) is 0 Å². The molecule has 3 unspecified atom stereocenters.